The van der Waals surface area contributed by atoms with Crippen molar-refractivity contribution in [3.8, 4) is 0 Å². The largest absolute Gasteiger partial charge is 0.324 e. The molecule has 2 aliphatic carbocycles. The van der Waals surface area contributed by atoms with Gasteiger partial charge in [-0.2, -0.15) is 5.10 Å². The van der Waals surface area contributed by atoms with Gasteiger partial charge in [0.15, 0.2) is 0 Å². The van der Waals surface area contributed by atoms with Gasteiger partial charge in [-0.1, -0.05) is 6.07 Å². The second-order valence-electron chi connectivity index (χ2n) is 5.95. The van der Waals surface area contributed by atoms with Crippen molar-refractivity contribution in [2.24, 2.45) is 0 Å². The molecule has 21 heavy (non-hydrogen) atoms. The Balaban J connectivity index is 1.64. The molecule has 1 aromatic heterocycles. The first kappa shape index (κ1) is 13.1. The van der Waals surface area contributed by atoms with Crippen molar-refractivity contribution >= 4 is 17.6 Å². The molecule has 108 valence electrons. The van der Waals surface area contributed by atoms with Gasteiger partial charge in [0.05, 0.1) is 11.4 Å². The minimum absolute atomic E-state index is 0.933. The van der Waals surface area contributed by atoms with Crippen LogP contribution in [0.2, 0.25) is 0 Å². The Morgan fingerprint density at radius 1 is 0.952 bits per heavy atom. The van der Waals surface area contributed by atoms with E-state index >= 15 is 0 Å². The predicted octanol–water partition coefficient (Wildman–Crippen LogP) is 3.88. The minimum Gasteiger partial charge on any atom is -0.324 e. The maximum Gasteiger partial charge on any atom is 0.139 e. The Morgan fingerprint density at radius 2 is 1.67 bits per heavy atom. The van der Waals surface area contributed by atoms with Crippen LogP contribution in [0.5, 0.6) is 0 Å². The normalized spacial score (nSPS) is 15.9. The first-order chi connectivity index (χ1) is 10.3. The van der Waals surface area contributed by atoms with Gasteiger partial charge < -0.3 is 4.72 Å². The summed E-state index contributed by atoms with van der Waals surface area (Å²) in [6.07, 6.45) is 7.50. The quantitative estimate of drug-likeness (QED) is 0.872. The Labute approximate surface area is 129 Å². The second kappa shape index (κ2) is 5.34. The van der Waals surface area contributed by atoms with Crippen LogP contribution in [-0.4, -0.2) is 10.2 Å². The van der Waals surface area contributed by atoms with Crippen LogP contribution in [0, 0.1) is 6.92 Å². The summed E-state index contributed by atoms with van der Waals surface area (Å²) in [7, 11) is 0. The molecule has 1 aromatic carbocycles. The monoisotopic (exact) mass is 297 g/mol. The molecule has 0 unspecified atom stereocenters. The van der Waals surface area contributed by atoms with Gasteiger partial charge in [0.25, 0.3) is 0 Å². The number of nitrogens with one attached hydrogen (secondary N) is 1. The fraction of sp³-hybridized carbons (Fsp3) is 0.412. The fourth-order valence-corrected chi connectivity index (χ4v) is 4.15. The summed E-state index contributed by atoms with van der Waals surface area (Å²) >= 11 is 1.59. The van der Waals surface area contributed by atoms with E-state index < -0.39 is 0 Å². The van der Waals surface area contributed by atoms with Crippen molar-refractivity contribution in [2.45, 2.75) is 50.5 Å². The van der Waals surface area contributed by atoms with Gasteiger partial charge >= 0.3 is 0 Å². The van der Waals surface area contributed by atoms with Gasteiger partial charge in [-0.05, 0) is 79.8 Å². The van der Waals surface area contributed by atoms with Crippen LogP contribution < -0.4 is 4.72 Å². The lowest BCUT2D eigenvalue weighted by atomic mass is 9.99. The van der Waals surface area contributed by atoms with E-state index in [1.807, 2.05) is 19.1 Å². The van der Waals surface area contributed by atoms with E-state index in [9.17, 15) is 0 Å². The fourth-order valence-electron chi connectivity index (χ4n) is 3.48. The average molecular weight is 297 g/mol. The van der Waals surface area contributed by atoms with E-state index in [1.165, 1.54) is 44.2 Å². The van der Waals surface area contributed by atoms with Crippen molar-refractivity contribution in [1.82, 2.24) is 10.2 Å². The summed E-state index contributed by atoms with van der Waals surface area (Å²) < 4.78 is 3.60. The molecule has 1 heterocycles. The molecular weight excluding hydrogens is 278 g/mol. The standard InChI is InChI=1S/C17H19N3S/c1-11-8-9-16(19-18-11)21-20-17-14-6-2-4-12(14)10-13-5-3-7-15(13)17/h8-10,20H,2-7H2,1H3. The zero-order valence-electron chi connectivity index (χ0n) is 12.3. The summed E-state index contributed by atoms with van der Waals surface area (Å²) in [6, 6.07) is 6.51. The zero-order chi connectivity index (χ0) is 14.2. The van der Waals surface area contributed by atoms with Crippen LogP contribution in [0.25, 0.3) is 0 Å². The number of anilines is 1. The van der Waals surface area contributed by atoms with E-state index in [2.05, 4.69) is 21.0 Å². The molecule has 4 heteroatoms. The third-order valence-corrected chi connectivity index (χ3v) is 5.24. The van der Waals surface area contributed by atoms with Gasteiger partial charge in [-0.15, -0.1) is 5.10 Å². The molecule has 3 nitrogen and oxygen atoms in total. The number of rotatable bonds is 3. The topological polar surface area (TPSA) is 37.8 Å². The maximum absolute atomic E-state index is 4.23. The highest BCUT2D eigenvalue weighted by Crippen LogP contribution is 2.40. The summed E-state index contributed by atoms with van der Waals surface area (Å²) in [5.41, 5.74) is 8.56. The van der Waals surface area contributed by atoms with Crippen LogP contribution in [0.1, 0.15) is 40.8 Å². The van der Waals surface area contributed by atoms with Gasteiger partial charge in [0.2, 0.25) is 0 Å². The average Bonchev–Trinajstić information content (AvgIpc) is 3.13. The molecule has 1 N–H and O–H groups in total. The molecular formula is C17H19N3S. The van der Waals surface area contributed by atoms with Crippen molar-refractivity contribution in [2.75, 3.05) is 4.72 Å². The second-order valence-corrected chi connectivity index (χ2v) is 6.78. The molecule has 0 radical (unpaired) electrons. The van der Waals surface area contributed by atoms with E-state index in [0.717, 1.165) is 10.7 Å². The highest BCUT2D eigenvalue weighted by atomic mass is 32.2. The number of hydrogen-bond acceptors (Lipinski definition) is 4. The summed E-state index contributed by atoms with van der Waals surface area (Å²) in [4.78, 5) is 0. The molecule has 0 saturated heterocycles. The third-order valence-electron chi connectivity index (χ3n) is 4.50. The van der Waals surface area contributed by atoms with E-state index in [-0.39, 0.29) is 0 Å². The lowest BCUT2D eigenvalue weighted by Gasteiger charge is -2.15. The summed E-state index contributed by atoms with van der Waals surface area (Å²) in [6.45, 7) is 1.96. The maximum atomic E-state index is 4.23. The number of nitrogens with zero attached hydrogens (tertiary/aromatic N) is 2. The first-order valence-corrected chi connectivity index (χ1v) is 8.52. The molecule has 0 spiro atoms. The summed E-state index contributed by atoms with van der Waals surface area (Å²) in [5.74, 6) is 0. The molecule has 0 amide bonds. The molecule has 0 saturated carbocycles. The van der Waals surface area contributed by atoms with E-state index in [1.54, 1.807) is 34.2 Å². The Morgan fingerprint density at radius 3 is 2.29 bits per heavy atom. The van der Waals surface area contributed by atoms with Crippen molar-refractivity contribution < 1.29 is 0 Å². The van der Waals surface area contributed by atoms with Crippen molar-refractivity contribution in [1.29, 1.82) is 0 Å². The zero-order valence-corrected chi connectivity index (χ0v) is 13.1. The van der Waals surface area contributed by atoms with E-state index in [0.29, 0.717) is 0 Å². The minimum atomic E-state index is 0.933. The van der Waals surface area contributed by atoms with Crippen LogP contribution in [0.4, 0.5) is 5.69 Å². The lowest BCUT2D eigenvalue weighted by Crippen LogP contribution is -2.01. The number of aromatic nitrogens is 2. The molecule has 0 aliphatic heterocycles. The van der Waals surface area contributed by atoms with Gasteiger partial charge in [0, 0.05) is 11.9 Å². The van der Waals surface area contributed by atoms with Gasteiger partial charge in [-0.3, -0.25) is 0 Å². The number of fused-ring (bicyclic) bond motifs is 2. The molecule has 0 fully saturated rings. The predicted molar refractivity (Wildman–Crippen MR) is 86.7 cm³/mol. The number of benzene rings is 1. The Hall–Kier alpha value is -1.55. The third kappa shape index (κ3) is 2.42. The van der Waals surface area contributed by atoms with Crippen LogP contribution >= 0.6 is 11.9 Å². The van der Waals surface area contributed by atoms with Crippen LogP contribution in [0.3, 0.4) is 0 Å². The number of hydrogen-bond donors (Lipinski definition) is 1. The SMILES string of the molecule is Cc1ccc(SNc2c3c(cc4c2CCC4)CCC3)nn1. The van der Waals surface area contributed by atoms with Crippen molar-refractivity contribution in [3.63, 3.8) is 0 Å². The highest BCUT2D eigenvalue weighted by Gasteiger charge is 2.24. The Kier molecular flexibility index (Phi) is 3.34. The molecule has 0 bridgehead atoms. The lowest BCUT2D eigenvalue weighted by molar-refractivity contribution is 0.895. The molecule has 4 rings (SSSR count). The first-order valence-electron chi connectivity index (χ1n) is 7.71. The number of aryl methyl sites for hydroxylation is 3. The molecule has 0 atom stereocenters. The van der Waals surface area contributed by atoms with Crippen LogP contribution in [-0.2, 0) is 25.7 Å². The van der Waals surface area contributed by atoms with Gasteiger partial charge in [-0.25, -0.2) is 0 Å². The van der Waals surface area contributed by atoms with Crippen molar-refractivity contribution in [3.05, 3.63) is 46.1 Å². The molecule has 2 aromatic rings. The summed E-state index contributed by atoms with van der Waals surface area (Å²) in [5, 5.41) is 9.29. The molecule has 2 aliphatic rings. The van der Waals surface area contributed by atoms with E-state index in [4.69, 9.17) is 0 Å². The smallest absolute Gasteiger partial charge is 0.139 e. The Bertz CT molecular complexity index is 647. The van der Waals surface area contributed by atoms with Crippen LogP contribution in [0.15, 0.2) is 23.2 Å². The highest BCUT2D eigenvalue weighted by molar-refractivity contribution is 8.00. The van der Waals surface area contributed by atoms with Gasteiger partial charge in [0.1, 0.15) is 5.03 Å².